The van der Waals surface area contributed by atoms with Crippen LogP contribution in [0.15, 0.2) is 0 Å². The van der Waals surface area contributed by atoms with E-state index < -0.39 is 0 Å². The lowest BCUT2D eigenvalue weighted by Crippen LogP contribution is -2.06. The lowest BCUT2D eigenvalue weighted by Gasteiger charge is -2.06. The molecule has 0 atom stereocenters. The van der Waals surface area contributed by atoms with Crippen molar-refractivity contribution in [1.82, 2.24) is 0 Å². The average molecular weight is 329 g/mol. The summed E-state index contributed by atoms with van der Waals surface area (Å²) in [4.78, 5) is 0. The highest BCUT2D eigenvalue weighted by Crippen LogP contribution is 2.11. The maximum atomic E-state index is 5.62. The van der Waals surface area contributed by atoms with Gasteiger partial charge in [0.1, 0.15) is 0 Å². The minimum absolute atomic E-state index is 0.768. The summed E-state index contributed by atoms with van der Waals surface area (Å²) < 4.78 is 11.2. The molecule has 2 nitrogen and oxygen atoms in total. The van der Waals surface area contributed by atoms with Crippen LogP contribution in [0.25, 0.3) is 0 Å². The van der Waals surface area contributed by atoms with Gasteiger partial charge < -0.3 is 9.47 Å². The minimum atomic E-state index is 0.768. The molecule has 23 heavy (non-hydrogen) atoms. The third-order valence-corrected chi connectivity index (χ3v) is 4.41. The fourth-order valence-corrected chi connectivity index (χ4v) is 2.82. The molecule has 2 heteroatoms. The van der Waals surface area contributed by atoms with Gasteiger partial charge in [0, 0.05) is 13.2 Å². The Labute approximate surface area is 146 Å². The van der Waals surface area contributed by atoms with Crippen molar-refractivity contribution < 1.29 is 9.47 Å². The van der Waals surface area contributed by atoms with Gasteiger partial charge in [-0.25, -0.2) is 0 Å². The monoisotopic (exact) mass is 328 g/mol. The SMILES string of the molecule is CCCCCCCCCCCCCOCCOCCCCCC. The highest BCUT2D eigenvalue weighted by Gasteiger charge is 1.94. The van der Waals surface area contributed by atoms with Gasteiger partial charge in [0.05, 0.1) is 13.2 Å². The molecular weight excluding hydrogens is 284 g/mol. The Balaban J connectivity index is 2.92. The highest BCUT2D eigenvalue weighted by molar-refractivity contribution is 4.48. The second-order valence-corrected chi connectivity index (χ2v) is 6.82. The molecule has 140 valence electrons. The second kappa shape index (κ2) is 21.9. The van der Waals surface area contributed by atoms with Gasteiger partial charge in [-0.15, -0.1) is 0 Å². The Morgan fingerprint density at radius 1 is 0.348 bits per heavy atom. The Bertz CT molecular complexity index is 174. The summed E-state index contributed by atoms with van der Waals surface area (Å²) in [6, 6.07) is 0. The van der Waals surface area contributed by atoms with Crippen molar-refractivity contribution in [2.75, 3.05) is 26.4 Å². The Hall–Kier alpha value is -0.0800. The van der Waals surface area contributed by atoms with E-state index in [4.69, 9.17) is 9.47 Å². The van der Waals surface area contributed by atoms with E-state index in [1.807, 2.05) is 0 Å². The third-order valence-electron chi connectivity index (χ3n) is 4.41. The van der Waals surface area contributed by atoms with E-state index in [1.165, 1.54) is 96.3 Å². The Morgan fingerprint density at radius 2 is 0.652 bits per heavy atom. The zero-order chi connectivity index (χ0) is 16.8. The van der Waals surface area contributed by atoms with Crippen LogP contribution in [0.2, 0.25) is 0 Å². The van der Waals surface area contributed by atoms with Crippen molar-refractivity contribution in [3.05, 3.63) is 0 Å². The molecule has 0 amide bonds. The van der Waals surface area contributed by atoms with Crippen LogP contribution in [0.1, 0.15) is 110 Å². The van der Waals surface area contributed by atoms with Crippen molar-refractivity contribution in [2.24, 2.45) is 0 Å². The van der Waals surface area contributed by atoms with Gasteiger partial charge >= 0.3 is 0 Å². The fourth-order valence-electron chi connectivity index (χ4n) is 2.82. The lowest BCUT2D eigenvalue weighted by atomic mass is 10.1. The van der Waals surface area contributed by atoms with Crippen LogP contribution >= 0.6 is 0 Å². The summed E-state index contributed by atoms with van der Waals surface area (Å²) >= 11 is 0. The van der Waals surface area contributed by atoms with E-state index in [1.54, 1.807) is 0 Å². The summed E-state index contributed by atoms with van der Waals surface area (Å²) in [5, 5.41) is 0. The third kappa shape index (κ3) is 21.9. The molecule has 0 spiro atoms. The molecule has 0 aliphatic carbocycles. The van der Waals surface area contributed by atoms with Crippen LogP contribution in [0.3, 0.4) is 0 Å². The molecule has 0 aliphatic heterocycles. The van der Waals surface area contributed by atoms with E-state index in [2.05, 4.69) is 13.8 Å². The predicted octanol–water partition coefficient (Wildman–Crippen LogP) is 6.91. The molecule has 0 saturated carbocycles. The van der Waals surface area contributed by atoms with Gasteiger partial charge in [0.2, 0.25) is 0 Å². The molecule has 0 heterocycles. The molecule has 0 rings (SSSR count). The maximum absolute atomic E-state index is 5.62. The first kappa shape index (κ1) is 22.9. The largest absolute Gasteiger partial charge is 0.379 e. The molecule has 0 radical (unpaired) electrons. The summed E-state index contributed by atoms with van der Waals surface area (Å²) in [5.41, 5.74) is 0. The van der Waals surface area contributed by atoms with Gasteiger partial charge in [-0.2, -0.15) is 0 Å². The normalized spacial score (nSPS) is 11.2. The van der Waals surface area contributed by atoms with E-state index in [0.717, 1.165) is 26.4 Å². The number of hydrogen-bond donors (Lipinski definition) is 0. The first-order chi connectivity index (χ1) is 11.4. The molecular formula is C21H44O2. The minimum Gasteiger partial charge on any atom is -0.379 e. The standard InChI is InChI=1S/C21H44O2/c1-3-5-7-9-10-11-12-13-14-15-17-19-23-21-20-22-18-16-8-6-4-2/h3-21H2,1-2H3. The van der Waals surface area contributed by atoms with Crippen molar-refractivity contribution in [1.29, 1.82) is 0 Å². The van der Waals surface area contributed by atoms with Crippen LogP contribution < -0.4 is 0 Å². The number of rotatable bonds is 20. The van der Waals surface area contributed by atoms with Crippen molar-refractivity contribution in [3.63, 3.8) is 0 Å². The smallest absolute Gasteiger partial charge is 0.0700 e. The fraction of sp³-hybridized carbons (Fsp3) is 1.00. The van der Waals surface area contributed by atoms with Gasteiger partial charge in [-0.1, -0.05) is 97.3 Å². The van der Waals surface area contributed by atoms with Gasteiger partial charge in [-0.3, -0.25) is 0 Å². The van der Waals surface area contributed by atoms with E-state index >= 15 is 0 Å². The summed E-state index contributed by atoms with van der Waals surface area (Å²) in [6.45, 7) is 7.88. The molecule has 0 fully saturated rings. The zero-order valence-electron chi connectivity index (χ0n) is 16.3. The Morgan fingerprint density at radius 3 is 1.04 bits per heavy atom. The quantitative estimate of drug-likeness (QED) is 0.226. The molecule has 0 aliphatic rings. The molecule has 0 saturated heterocycles. The number of unbranched alkanes of at least 4 members (excludes halogenated alkanes) is 13. The molecule has 0 N–H and O–H groups in total. The van der Waals surface area contributed by atoms with Gasteiger partial charge in [-0.05, 0) is 12.8 Å². The maximum Gasteiger partial charge on any atom is 0.0700 e. The van der Waals surface area contributed by atoms with Crippen LogP contribution in [0.4, 0.5) is 0 Å². The predicted molar refractivity (Wildman–Crippen MR) is 102 cm³/mol. The molecule has 0 bridgehead atoms. The van der Waals surface area contributed by atoms with Crippen LogP contribution in [0, 0.1) is 0 Å². The van der Waals surface area contributed by atoms with Gasteiger partial charge in [0.15, 0.2) is 0 Å². The molecule has 0 aromatic heterocycles. The summed E-state index contributed by atoms with van der Waals surface area (Å²) in [7, 11) is 0. The van der Waals surface area contributed by atoms with E-state index in [-0.39, 0.29) is 0 Å². The van der Waals surface area contributed by atoms with Crippen molar-refractivity contribution in [3.8, 4) is 0 Å². The van der Waals surface area contributed by atoms with Crippen LogP contribution in [0.5, 0.6) is 0 Å². The summed E-state index contributed by atoms with van der Waals surface area (Å²) in [5.74, 6) is 0. The first-order valence-electron chi connectivity index (χ1n) is 10.6. The second-order valence-electron chi connectivity index (χ2n) is 6.82. The van der Waals surface area contributed by atoms with E-state index in [9.17, 15) is 0 Å². The Kier molecular flexibility index (Phi) is 21.8. The highest BCUT2D eigenvalue weighted by atomic mass is 16.5. The number of hydrogen-bond acceptors (Lipinski definition) is 2. The summed E-state index contributed by atoms with van der Waals surface area (Å²) in [6.07, 6.45) is 20.4. The molecule has 0 aromatic carbocycles. The molecule has 0 aromatic rings. The number of ether oxygens (including phenoxy) is 2. The lowest BCUT2D eigenvalue weighted by molar-refractivity contribution is 0.0449. The van der Waals surface area contributed by atoms with Crippen LogP contribution in [-0.4, -0.2) is 26.4 Å². The van der Waals surface area contributed by atoms with Gasteiger partial charge in [0.25, 0.3) is 0 Å². The average Bonchev–Trinajstić information content (AvgIpc) is 2.57. The topological polar surface area (TPSA) is 18.5 Å². The first-order valence-corrected chi connectivity index (χ1v) is 10.6. The van der Waals surface area contributed by atoms with Crippen molar-refractivity contribution >= 4 is 0 Å². The van der Waals surface area contributed by atoms with Crippen LogP contribution in [-0.2, 0) is 9.47 Å². The van der Waals surface area contributed by atoms with Crippen molar-refractivity contribution in [2.45, 2.75) is 110 Å². The van der Waals surface area contributed by atoms with E-state index in [0.29, 0.717) is 0 Å². The molecule has 0 unspecified atom stereocenters. The zero-order valence-corrected chi connectivity index (χ0v) is 16.3.